The van der Waals surface area contributed by atoms with Crippen LogP contribution < -0.4 is 10.1 Å². The number of benzene rings is 2. The van der Waals surface area contributed by atoms with Gasteiger partial charge in [-0.25, -0.2) is 0 Å². The van der Waals surface area contributed by atoms with Crippen LogP contribution in [0, 0.1) is 0 Å². The molecule has 0 aliphatic heterocycles. The number of hydrogen-bond acceptors (Lipinski definition) is 3. The van der Waals surface area contributed by atoms with Gasteiger partial charge in [0, 0.05) is 11.6 Å². The fourth-order valence-electron chi connectivity index (χ4n) is 2.26. The van der Waals surface area contributed by atoms with E-state index in [-0.39, 0.29) is 18.6 Å². The van der Waals surface area contributed by atoms with Crippen LogP contribution in [0.4, 0.5) is 0 Å². The van der Waals surface area contributed by atoms with Crippen molar-refractivity contribution in [3.8, 4) is 5.75 Å². The Morgan fingerprint density at radius 3 is 2.50 bits per heavy atom. The fraction of sp³-hybridized carbons (Fsp3) is 0.278. The van der Waals surface area contributed by atoms with E-state index in [4.69, 9.17) is 27.9 Å². The molecule has 0 heterocycles. The molecule has 0 fully saturated rings. The molecule has 0 saturated carbocycles. The van der Waals surface area contributed by atoms with Gasteiger partial charge in [-0.2, -0.15) is 0 Å². The first-order valence-electron chi connectivity index (χ1n) is 7.52. The number of likely N-dealkylation sites (N-methyl/N-ethyl adjacent to an activating group) is 1. The van der Waals surface area contributed by atoms with E-state index in [2.05, 4.69) is 5.32 Å². The fourth-order valence-corrected chi connectivity index (χ4v) is 2.72. The molecule has 2 aromatic rings. The van der Waals surface area contributed by atoms with E-state index in [0.29, 0.717) is 22.3 Å². The van der Waals surface area contributed by atoms with E-state index < -0.39 is 0 Å². The highest BCUT2D eigenvalue weighted by atomic mass is 35.5. The summed E-state index contributed by atoms with van der Waals surface area (Å²) in [5.74, 6) is 0.219. The van der Waals surface area contributed by atoms with E-state index in [0.717, 1.165) is 5.56 Å². The van der Waals surface area contributed by atoms with Crippen molar-refractivity contribution in [2.45, 2.75) is 6.04 Å². The van der Waals surface area contributed by atoms with E-state index in [1.807, 2.05) is 49.3 Å². The van der Waals surface area contributed by atoms with Gasteiger partial charge in [-0.05, 0) is 37.9 Å². The van der Waals surface area contributed by atoms with Crippen molar-refractivity contribution in [3.05, 3.63) is 64.1 Å². The number of nitrogens with zero attached hydrogens (tertiary/aromatic N) is 1. The van der Waals surface area contributed by atoms with Gasteiger partial charge in [0.25, 0.3) is 5.91 Å². The summed E-state index contributed by atoms with van der Waals surface area (Å²) >= 11 is 11.9. The third-order valence-corrected chi connectivity index (χ3v) is 3.87. The maximum absolute atomic E-state index is 12.2. The quantitative estimate of drug-likeness (QED) is 0.810. The molecule has 0 aromatic heterocycles. The highest BCUT2D eigenvalue weighted by molar-refractivity contribution is 6.35. The molecule has 1 N–H and O–H groups in total. The summed E-state index contributed by atoms with van der Waals surface area (Å²) < 4.78 is 5.48. The van der Waals surface area contributed by atoms with Crippen LogP contribution >= 0.6 is 23.2 Å². The Morgan fingerprint density at radius 2 is 1.88 bits per heavy atom. The highest BCUT2D eigenvalue weighted by Crippen LogP contribution is 2.27. The molecule has 24 heavy (non-hydrogen) atoms. The SMILES string of the molecule is CN(C)C[C@H](NC(=O)COc1ccc(Cl)cc1Cl)c1ccccc1. The molecule has 2 rings (SSSR count). The molecule has 128 valence electrons. The lowest BCUT2D eigenvalue weighted by molar-refractivity contribution is -0.123. The van der Waals surface area contributed by atoms with Gasteiger partial charge >= 0.3 is 0 Å². The number of amides is 1. The molecular formula is C18H20Cl2N2O2. The Labute approximate surface area is 152 Å². The molecule has 1 atom stereocenters. The molecule has 1 amide bonds. The summed E-state index contributed by atoms with van der Waals surface area (Å²) in [5.41, 5.74) is 1.05. The van der Waals surface area contributed by atoms with Gasteiger partial charge in [0.15, 0.2) is 6.61 Å². The zero-order valence-electron chi connectivity index (χ0n) is 13.6. The van der Waals surface area contributed by atoms with Crippen molar-refractivity contribution in [1.82, 2.24) is 10.2 Å². The predicted molar refractivity (Wildman–Crippen MR) is 97.8 cm³/mol. The minimum Gasteiger partial charge on any atom is -0.482 e. The lowest BCUT2D eigenvalue weighted by atomic mass is 10.1. The Bertz CT molecular complexity index is 678. The van der Waals surface area contributed by atoms with Crippen molar-refractivity contribution in [2.75, 3.05) is 27.2 Å². The normalized spacial score (nSPS) is 12.0. The number of halogens is 2. The second-order valence-corrected chi connectivity index (χ2v) is 6.50. The van der Waals surface area contributed by atoms with Crippen LogP contribution in [-0.4, -0.2) is 38.1 Å². The third kappa shape index (κ3) is 5.71. The monoisotopic (exact) mass is 366 g/mol. The first-order valence-corrected chi connectivity index (χ1v) is 8.28. The van der Waals surface area contributed by atoms with E-state index in [9.17, 15) is 4.79 Å². The van der Waals surface area contributed by atoms with E-state index in [1.165, 1.54) is 0 Å². The van der Waals surface area contributed by atoms with Gasteiger partial charge in [0.1, 0.15) is 5.75 Å². The van der Waals surface area contributed by atoms with Crippen LogP contribution in [-0.2, 0) is 4.79 Å². The number of carbonyl (C=O) groups is 1. The molecule has 0 aliphatic carbocycles. The van der Waals surface area contributed by atoms with Crippen molar-refractivity contribution < 1.29 is 9.53 Å². The number of nitrogens with one attached hydrogen (secondary N) is 1. The van der Waals surface area contributed by atoms with Crippen LogP contribution in [0.1, 0.15) is 11.6 Å². The van der Waals surface area contributed by atoms with Crippen LogP contribution in [0.2, 0.25) is 10.0 Å². The first-order chi connectivity index (χ1) is 11.5. The summed E-state index contributed by atoms with van der Waals surface area (Å²) in [6, 6.07) is 14.6. The van der Waals surface area contributed by atoms with Gasteiger partial charge in [-0.3, -0.25) is 4.79 Å². The average molecular weight is 367 g/mol. The minimum atomic E-state index is -0.211. The Morgan fingerprint density at radius 1 is 1.17 bits per heavy atom. The van der Waals surface area contributed by atoms with Gasteiger partial charge in [0.05, 0.1) is 11.1 Å². The maximum Gasteiger partial charge on any atom is 0.258 e. The molecule has 0 aliphatic rings. The second-order valence-electron chi connectivity index (χ2n) is 5.66. The lowest BCUT2D eigenvalue weighted by Crippen LogP contribution is -2.37. The van der Waals surface area contributed by atoms with Crippen LogP contribution in [0.25, 0.3) is 0 Å². The number of ether oxygens (including phenoxy) is 1. The van der Waals surface area contributed by atoms with Gasteiger partial charge in [-0.15, -0.1) is 0 Å². The minimum absolute atomic E-state index is 0.113. The van der Waals surface area contributed by atoms with Crippen LogP contribution in [0.3, 0.4) is 0 Å². The van der Waals surface area contributed by atoms with E-state index in [1.54, 1.807) is 18.2 Å². The van der Waals surface area contributed by atoms with Gasteiger partial charge in [0.2, 0.25) is 0 Å². The zero-order valence-corrected chi connectivity index (χ0v) is 15.1. The maximum atomic E-state index is 12.2. The summed E-state index contributed by atoms with van der Waals surface area (Å²) in [5, 5.41) is 3.89. The molecule has 4 nitrogen and oxygen atoms in total. The standard InChI is InChI=1S/C18H20Cl2N2O2/c1-22(2)11-16(13-6-4-3-5-7-13)21-18(23)12-24-17-9-8-14(19)10-15(17)20/h3-10,16H,11-12H2,1-2H3,(H,21,23)/t16-/m0/s1. The number of rotatable bonds is 7. The summed E-state index contributed by atoms with van der Waals surface area (Å²) in [6.45, 7) is 0.579. The topological polar surface area (TPSA) is 41.6 Å². The molecule has 6 heteroatoms. The van der Waals surface area contributed by atoms with Gasteiger partial charge in [-0.1, -0.05) is 53.5 Å². The zero-order chi connectivity index (χ0) is 17.5. The number of hydrogen-bond donors (Lipinski definition) is 1. The number of carbonyl (C=O) groups excluding carboxylic acids is 1. The summed E-state index contributed by atoms with van der Waals surface area (Å²) in [6.07, 6.45) is 0. The Balaban J connectivity index is 1.97. The van der Waals surface area contributed by atoms with Crippen molar-refractivity contribution in [3.63, 3.8) is 0 Å². The Kier molecular flexibility index (Phi) is 6.91. The molecule has 0 bridgehead atoms. The smallest absolute Gasteiger partial charge is 0.258 e. The highest BCUT2D eigenvalue weighted by Gasteiger charge is 2.16. The summed E-state index contributed by atoms with van der Waals surface area (Å²) in [7, 11) is 3.93. The summed E-state index contributed by atoms with van der Waals surface area (Å²) in [4.78, 5) is 14.3. The second kappa shape index (κ2) is 8.92. The molecule has 2 aromatic carbocycles. The van der Waals surface area contributed by atoms with Crippen molar-refractivity contribution in [2.24, 2.45) is 0 Å². The van der Waals surface area contributed by atoms with Crippen LogP contribution in [0.5, 0.6) is 5.75 Å². The average Bonchev–Trinajstić information content (AvgIpc) is 2.54. The van der Waals surface area contributed by atoms with Crippen molar-refractivity contribution >= 4 is 29.1 Å². The van der Waals surface area contributed by atoms with Gasteiger partial charge < -0.3 is 15.0 Å². The lowest BCUT2D eigenvalue weighted by Gasteiger charge is -2.23. The third-order valence-electron chi connectivity index (χ3n) is 3.34. The molecule has 0 unspecified atom stereocenters. The molecule has 0 radical (unpaired) electrons. The largest absolute Gasteiger partial charge is 0.482 e. The Hall–Kier alpha value is -1.75. The van der Waals surface area contributed by atoms with Crippen LogP contribution in [0.15, 0.2) is 48.5 Å². The molecule has 0 saturated heterocycles. The first kappa shape index (κ1) is 18.6. The van der Waals surface area contributed by atoms with Crippen molar-refractivity contribution in [1.29, 1.82) is 0 Å². The molecular weight excluding hydrogens is 347 g/mol. The predicted octanol–water partition coefficient (Wildman–Crippen LogP) is 3.79. The molecule has 0 spiro atoms. The van der Waals surface area contributed by atoms with E-state index >= 15 is 0 Å².